The van der Waals surface area contributed by atoms with Gasteiger partial charge in [0.15, 0.2) is 0 Å². The zero-order valence-corrected chi connectivity index (χ0v) is 13.8. The number of pyridine rings is 2. The topological polar surface area (TPSA) is 92.3 Å². The van der Waals surface area contributed by atoms with E-state index in [1.807, 2.05) is 0 Å². The number of nitrogens with one attached hydrogen (secondary N) is 1. The SMILES string of the molecule is O=C(Nc1cccnc1)C1CCN(S(=O)(=O)c2cccnc2)CC1. The summed E-state index contributed by atoms with van der Waals surface area (Å²) in [5, 5.41) is 2.82. The van der Waals surface area contributed by atoms with Gasteiger partial charge in [-0.3, -0.25) is 14.8 Å². The Labute approximate surface area is 140 Å². The summed E-state index contributed by atoms with van der Waals surface area (Å²) in [7, 11) is -3.54. The first-order valence-corrected chi connectivity index (χ1v) is 9.12. The van der Waals surface area contributed by atoms with Gasteiger partial charge < -0.3 is 5.32 Å². The minimum atomic E-state index is -3.54. The first-order chi connectivity index (χ1) is 11.6. The summed E-state index contributed by atoms with van der Waals surface area (Å²) in [6.07, 6.45) is 7.08. The van der Waals surface area contributed by atoms with Gasteiger partial charge in [-0.15, -0.1) is 0 Å². The highest BCUT2D eigenvalue weighted by molar-refractivity contribution is 7.89. The Morgan fingerprint density at radius 1 is 1.08 bits per heavy atom. The molecule has 0 spiro atoms. The Balaban J connectivity index is 1.61. The summed E-state index contributed by atoms with van der Waals surface area (Å²) in [4.78, 5) is 20.3. The molecule has 3 heterocycles. The zero-order valence-electron chi connectivity index (χ0n) is 13.0. The maximum atomic E-state index is 12.5. The van der Waals surface area contributed by atoms with E-state index >= 15 is 0 Å². The second kappa shape index (κ2) is 7.06. The van der Waals surface area contributed by atoms with Crippen molar-refractivity contribution < 1.29 is 13.2 Å². The van der Waals surface area contributed by atoms with Crippen molar-refractivity contribution in [3.63, 3.8) is 0 Å². The molecular weight excluding hydrogens is 328 g/mol. The van der Waals surface area contributed by atoms with Crippen LogP contribution in [0.4, 0.5) is 5.69 Å². The smallest absolute Gasteiger partial charge is 0.244 e. The average Bonchev–Trinajstić information content (AvgIpc) is 2.63. The molecule has 0 atom stereocenters. The highest BCUT2D eigenvalue weighted by atomic mass is 32.2. The number of hydrogen-bond acceptors (Lipinski definition) is 5. The molecule has 0 aliphatic carbocycles. The maximum Gasteiger partial charge on any atom is 0.244 e. The van der Waals surface area contributed by atoms with E-state index in [1.165, 1.54) is 22.8 Å². The van der Waals surface area contributed by atoms with Crippen LogP contribution in [0.3, 0.4) is 0 Å². The Morgan fingerprint density at radius 2 is 1.75 bits per heavy atom. The van der Waals surface area contributed by atoms with Gasteiger partial charge in [-0.1, -0.05) is 0 Å². The van der Waals surface area contributed by atoms with Crippen LogP contribution >= 0.6 is 0 Å². The van der Waals surface area contributed by atoms with Gasteiger partial charge in [-0.2, -0.15) is 4.31 Å². The van der Waals surface area contributed by atoms with E-state index in [1.54, 1.807) is 30.6 Å². The highest BCUT2D eigenvalue weighted by Gasteiger charge is 2.32. The van der Waals surface area contributed by atoms with Gasteiger partial charge in [0.25, 0.3) is 0 Å². The number of carbonyl (C=O) groups excluding carboxylic acids is 1. The maximum absolute atomic E-state index is 12.5. The molecule has 1 fully saturated rings. The van der Waals surface area contributed by atoms with Crippen LogP contribution in [0.1, 0.15) is 12.8 Å². The lowest BCUT2D eigenvalue weighted by Gasteiger charge is -2.30. The lowest BCUT2D eigenvalue weighted by atomic mass is 9.97. The molecule has 126 valence electrons. The molecule has 0 unspecified atom stereocenters. The van der Waals surface area contributed by atoms with Crippen LogP contribution in [0, 0.1) is 5.92 Å². The largest absolute Gasteiger partial charge is 0.324 e. The lowest BCUT2D eigenvalue weighted by molar-refractivity contribution is -0.120. The van der Waals surface area contributed by atoms with Crippen LogP contribution in [0.15, 0.2) is 53.9 Å². The summed E-state index contributed by atoms with van der Waals surface area (Å²) >= 11 is 0. The molecular formula is C16H18N4O3S. The molecule has 24 heavy (non-hydrogen) atoms. The van der Waals surface area contributed by atoms with Crippen molar-refractivity contribution in [1.29, 1.82) is 0 Å². The number of nitrogens with zero attached hydrogens (tertiary/aromatic N) is 3. The van der Waals surface area contributed by atoms with Crippen molar-refractivity contribution in [3.05, 3.63) is 49.1 Å². The van der Waals surface area contributed by atoms with Crippen LogP contribution in [-0.2, 0) is 14.8 Å². The van der Waals surface area contributed by atoms with E-state index in [4.69, 9.17) is 0 Å². The Kier molecular flexibility index (Phi) is 4.86. The molecule has 0 saturated carbocycles. The fraction of sp³-hybridized carbons (Fsp3) is 0.312. The standard InChI is InChI=1S/C16H18N4O3S/c21-16(19-14-3-1-7-17-11-14)13-5-9-20(10-6-13)24(22,23)15-4-2-8-18-12-15/h1-4,7-8,11-13H,5-6,9-10H2,(H,19,21). The van der Waals surface area contributed by atoms with E-state index in [9.17, 15) is 13.2 Å². The minimum Gasteiger partial charge on any atom is -0.324 e. The van der Waals surface area contributed by atoms with Crippen molar-refractivity contribution in [2.75, 3.05) is 18.4 Å². The number of carbonyl (C=O) groups is 1. The summed E-state index contributed by atoms with van der Waals surface area (Å²) in [6.45, 7) is 0.644. The molecule has 7 nitrogen and oxygen atoms in total. The number of rotatable bonds is 4. The van der Waals surface area contributed by atoms with Crippen LogP contribution < -0.4 is 5.32 Å². The molecule has 1 aliphatic heterocycles. The van der Waals surface area contributed by atoms with E-state index in [2.05, 4.69) is 15.3 Å². The van der Waals surface area contributed by atoms with Gasteiger partial charge in [-0.05, 0) is 37.1 Å². The predicted molar refractivity (Wildman–Crippen MR) is 88.6 cm³/mol. The summed E-state index contributed by atoms with van der Waals surface area (Å²) in [5.41, 5.74) is 0.646. The Hall–Kier alpha value is -2.32. The van der Waals surface area contributed by atoms with Gasteiger partial charge in [0.1, 0.15) is 4.90 Å². The van der Waals surface area contributed by atoms with Crippen LogP contribution in [0.2, 0.25) is 0 Å². The number of sulfonamides is 1. The fourth-order valence-corrected chi connectivity index (χ4v) is 4.12. The van der Waals surface area contributed by atoms with E-state index < -0.39 is 10.0 Å². The van der Waals surface area contributed by atoms with Crippen molar-refractivity contribution in [2.24, 2.45) is 5.92 Å². The molecule has 1 aliphatic rings. The second-order valence-corrected chi connectivity index (χ2v) is 7.54. The van der Waals surface area contributed by atoms with Gasteiger partial charge in [0.2, 0.25) is 15.9 Å². The summed E-state index contributed by atoms with van der Waals surface area (Å²) < 4.78 is 26.5. The van der Waals surface area contributed by atoms with Crippen molar-refractivity contribution in [2.45, 2.75) is 17.7 Å². The van der Waals surface area contributed by atoms with E-state index in [0.29, 0.717) is 31.6 Å². The van der Waals surface area contributed by atoms with Gasteiger partial charge in [0, 0.05) is 37.6 Å². The van der Waals surface area contributed by atoms with E-state index in [-0.39, 0.29) is 16.7 Å². The van der Waals surface area contributed by atoms with Gasteiger partial charge in [0.05, 0.1) is 11.9 Å². The molecule has 1 amide bonds. The fourth-order valence-electron chi connectivity index (χ4n) is 2.69. The molecule has 1 saturated heterocycles. The number of piperidine rings is 1. The number of anilines is 1. The normalized spacial score (nSPS) is 16.7. The van der Waals surface area contributed by atoms with Gasteiger partial charge >= 0.3 is 0 Å². The molecule has 3 rings (SSSR count). The summed E-state index contributed by atoms with van der Waals surface area (Å²) in [6, 6.07) is 6.65. The van der Waals surface area contributed by atoms with Crippen molar-refractivity contribution in [1.82, 2.24) is 14.3 Å². The minimum absolute atomic E-state index is 0.0959. The molecule has 2 aromatic heterocycles. The monoisotopic (exact) mass is 346 g/mol. The molecule has 2 aromatic rings. The van der Waals surface area contributed by atoms with Crippen LogP contribution in [0.5, 0.6) is 0 Å². The third kappa shape index (κ3) is 3.60. The predicted octanol–water partition coefficient (Wildman–Crippen LogP) is 1.52. The molecule has 1 N–H and O–H groups in total. The van der Waals surface area contributed by atoms with Crippen molar-refractivity contribution >= 4 is 21.6 Å². The first kappa shape index (κ1) is 16.5. The number of amides is 1. The summed E-state index contributed by atoms with van der Waals surface area (Å²) in [5.74, 6) is -0.299. The Bertz CT molecular complexity index is 789. The molecule has 0 aromatic carbocycles. The molecule has 8 heteroatoms. The Morgan fingerprint density at radius 3 is 2.33 bits per heavy atom. The van der Waals surface area contributed by atoms with Crippen LogP contribution in [0.25, 0.3) is 0 Å². The first-order valence-electron chi connectivity index (χ1n) is 7.68. The van der Waals surface area contributed by atoms with Crippen molar-refractivity contribution in [3.8, 4) is 0 Å². The number of hydrogen-bond donors (Lipinski definition) is 1. The van der Waals surface area contributed by atoms with E-state index in [0.717, 1.165) is 0 Å². The number of aromatic nitrogens is 2. The lowest BCUT2D eigenvalue weighted by Crippen LogP contribution is -2.41. The van der Waals surface area contributed by atoms with Crippen LogP contribution in [-0.4, -0.2) is 41.7 Å². The third-order valence-corrected chi connectivity index (χ3v) is 5.91. The molecule has 0 radical (unpaired) electrons. The molecule has 0 bridgehead atoms. The average molecular weight is 346 g/mol. The van der Waals surface area contributed by atoms with Gasteiger partial charge in [-0.25, -0.2) is 8.42 Å². The zero-order chi connectivity index (χ0) is 17.0. The quantitative estimate of drug-likeness (QED) is 0.906. The highest BCUT2D eigenvalue weighted by Crippen LogP contribution is 2.24. The third-order valence-electron chi connectivity index (χ3n) is 4.03. The second-order valence-electron chi connectivity index (χ2n) is 5.60.